The van der Waals surface area contributed by atoms with Crippen LogP contribution >= 0.6 is 12.2 Å². The van der Waals surface area contributed by atoms with Crippen LogP contribution in [0.3, 0.4) is 0 Å². The van der Waals surface area contributed by atoms with E-state index in [9.17, 15) is 9.59 Å². The highest BCUT2D eigenvalue weighted by molar-refractivity contribution is 7.71. The Bertz CT molecular complexity index is 893. The molecule has 1 N–H and O–H groups in total. The first kappa shape index (κ1) is 18.7. The summed E-state index contributed by atoms with van der Waals surface area (Å²) in [5.74, 6) is -0.0114. The van der Waals surface area contributed by atoms with Crippen LogP contribution in [-0.2, 0) is 4.74 Å². The summed E-state index contributed by atoms with van der Waals surface area (Å²) in [6, 6.07) is 7.45. The van der Waals surface area contributed by atoms with Crippen LogP contribution in [0.1, 0.15) is 10.4 Å². The zero-order valence-corrected chi connectivity index (χ0v) is 16.4. The topological polar surface area (TPSA) is 73.8 Å². The van der Waals surface area contributed by atoms with Gasteiger partial charge in [0, 0.05) is 62.9 Å². The van der Waals surface area contributed by atoms with Crippen molar-refractivity contribution in [1.29, 1.82) is 0 Å². The average Bonchev–Trinajstić information content (AvgIpc) is 3.19. The molecule has 0 aliphatic carbocycles. The molecule has 0 saturated carbocycles. The lowest BCUT2D eigenvalue weighted by molar-refractivity contribution is 0.0362. The fourth-order valence-corrected chi connectivity index (χ4v) is 3.76. The number of carbonyl (C=O) groups is 2. The Morgan fingerprint density at radius 2 is 1.50 bits per heavy atom. The maximum atomic E-state index is 12.8. The van der Waals surface area contributed by atoms with Gasteiger partial charge in [-0.25, -0.2) is 4.79 Å². The quantitative estimate of drug-likeness (QED) is 0.778. The van der Waals surface area contributed by atoms with E-state index in [-0.39, 0.29) is 11.9 Å². The SMILES string of the molecule is O=C(c1ccc(-n2cc[nH]c2=S)cc1)N1CCN(C(=O)N2CCOCC2)CC1. The van der Waals surface area contributed by atoms with Gasteiger partial charge < -0.3 is 24.4 Å². The minimum absolute atomic E-state index is 0.0114. The summed E-state index contributed by atoms with van der Waals surface area (Å²) < 4.78 is 7.76. The first-order valence-corrected chi connectivity index (χ1v) is 9.81. The van der Waals surface area contributed by atoms with E-state index in [0.29, 0.717) is 62.8 Å². The van der Waals surface area contributed by atoms with Crippen molar-refractivity contribution in [2.45, 2.75) is 0 Å². The second-order valence-electron chi connectivity index (χ2n) is 6.84. The normalized spacial score (nSPS) is 17.6. The molecule has 2 saturated heterocycles. The van der Waals surface area contributed by atoms with Gasteiger partial charge in [-0.05, 0) is 36.5 Å². The highest BCUT2D eigenvalue weighted by atomic mass is 32.1. The van der Waals surface area contributed by atoms with Gasteiger partial charge in [0.05, 0.1) is 13.2 Å². The van der Waals surface area contributed by atoms with Crippen molar-refractivity contribution in [2.75, 3.05) is 52.5 Å². The summed E-state index contributed by atoms with van der Waals surface area (Å²) in [5.41, 5.74) is 1.54. The number of piperazine rings is 1. The van der Waals surface area contributed by atoms with Crippen LogP contribution < -0.4 is 0 Å². The Hall–Kier alpha value is -2.65. The molecule has 2 fully saturated rings. The second kappa shape index (κ2) is 8.15. The van der Waals surface area contributed by atoms with Gasteiger partial charge in [0.25, 0.3) is 5.91 Å². The molecule has 28 heavy (non-hydrogen) atoms. The fourth-order valence-electron chi connectivity index (χ4n) is 3.53. The zero-order chi connectivity index (χ0) is 19.5. The number of hydrogen-bond acceptors (Lipinski definition) is 4. The van der Waals surface area contributed by atoms with E-state index in [1.807, 2.05) is 44.8 Å². The third-order valence-electron chi connectivity index (χ3n) is 5.16. The molecule has 1 aromatic carbocycles. The van der Waals surface area contributed by atoms with E-state index < -0.39 is 0 Å². The minimum atomic E-state index is -0.0114. The molecule has 2 aliphatic heterocycles. The number of ether oxygens (including phenoxy) is 1. The number of rotatable bonds is 2. The third kappa shape index (κ3) is 3.81. The predicted molar refractivity (Wildman–Crippen MR) is 106 cm³/mol. The van der Waals surface area contributed by atoms with Gasteiger partial charge in [-0.2, -0.15) is 0 Å². The Morgan fingerprint density at radius 3 is 2.11 bits per heavy atom. The molecule has 9 heteroatoms. The van der Waals surface area contributed by atoms with Crippen molar-refractivity contribution in [3.63, 3.8) is 0 Å². The molecule has 0 spiro atoms. The predicted octanol–water partition coefficient (Wildman–Crippen LogP) is 1.74. The summed E-state index contributed by atoms with van der Waals surface area (Å²) in [7, 11) is 0. The summed E-state index contributed by atoms with van der Waals surface area (Å²) in [4.78, 5) is 33.8. The lowest BCUT2D eigenvalue weighted by Crippen LogP contribution is -2.55. The van der Waals surface area contributed by atoms with Crippen molar-refractivity contribution in [2.24, 2.45) is 0 Å². The van der Waals surface area contributed by atoms with Gasteiger partial charge in [0.15, 0.2) is 4.77 Å². The number of benzene rings is 1. The number of amides is 3. The highest BCUT2D eigenvalue weighted by Gasteiger charge is 2.28. The molecule has 1 aromatic heterocycles. The van der Waals surface area contributed by atoms with E-state index in [2.05, 4.69) is 4.98 Å². The molecule has 0 radical (unpaired) electrons. The van der Waals surface area contributed by atoms with Crippen LogP contribution in [0, 0.1) is 4.77 Å². The largest absolute Gasteiger partial charge is 0.378 e. The Balaban J connectivity index is 1.35. The van der Waals surface area contributed by atoms with E-state index in [1.54, 1.807) is 11.1 Å². The molecular weight excluding hydrogens is 378 g/mol. The first-order valence-electron chi connectivity index (χ1n) is 9.41. The van der Waals surface area contributed by atoms with Crippen molar-refractivity contribution in [3.05, 3.63) is 47.0 Å². The molecule has 0 bridgehead atoms. The molecule has 3 heterocycles. The number of hydrogen-bond donors (Lipinski definition) is 1. The summed E-state index contributed by atoms with van der Waals surface area (Å²) in [6.45, 7) is 4.64. The number of carbonyl (C=O) groups excluding carboxylic acids is 2. The average molecular weight is 401 g/mol. The highest BCUT2D eigenvalue weighted by Crippen LogP contribution is 2.14. The van der Waals surface area contributed by atoms with E-state index >= 15 is 0 Å². The van der Waals surface area contributed by atoms with Crippen molar-refractivity contribution in [3.8, 4) is 5.69 Å². The second-order valence-corrected chi connectivity index (χ2v) is 7.23. The number of aromatic nitrogens is 2. The smallest absolute Gasteiger partial charge is 0.320 e. The lowest BCUT2D eigenvalue weighted by atomic mass is 10.1. The molecule has 2 aliphatic rings. The van der Waals surface area contributed by atoms with Crippen molar-refractivity contribution < 1.29 is 14.3 Å². The fraction of sp³-hybridized carbons (Fsp3) is 0.421. The van der Waals surface area contributed by atoms with Gasteiger partial charge in [-0.1, -0.05) is 0 Å². The summed E-state index contributed by atoms with van der Waals surface area (Å²) >= 11 is 5.22. The van der Waals surface area contributed by atoms with Crippen LogP contribution in [0.15, 0.2) is 36.7 Å². The van der Waals surface area contributed by atoms with Crippen LogP contribution in [0.2, 0.25) is 0 Å². The number of aromatic amines is 1. The number of H-pyrrole nitrogens is 1. The molecule has 4 rings (SSSR count). The van der Waals surface area contributed by atoms with Gasteiger partial charge in [0.2, 0.25) is 0 Å². The minimum Gasteiger partial charge on any atom is -0.378 e. The number of morpholine rings is 1. The van der Waals surface area contributed by atoms with Crippen LogP contribution in [-0.4, -0.2) is 88.7 Å². The van der Waals surface area contributed by atoms with Gasteiger partial charge in [-0.15, -0.1) is 0 Å². The molecule has 3 amide bonds. The number of nitrogens with zero attached hydrogens (tertiary/aromatic N) is 4. The molecule has 148 valence electrons. The lowest BCUT2D eigenvalue weighted by Gasteiger charge is -2.38. The summed E-state index contributed by atoms with van der Waals surface area (Å²) in [6.07, 6.45) is 3.63. The maximum Gasteiger partial charge on any atom is 0.320 e. The van der Waals surface area contributed by atoms with Crippen molar-refractivity contribution in [1.82, 2.24) is 24.3 Å². The van der Waals surface area contributed by atoms with Crippen LogP contribution in [0.4, 0.5) is 4.79 Å². The third-order valence-corrected chi connectivity index (χ3v) is 5.48. The van der Waals surface area contributed by atoms with Crippen molar-refractivity contribution >= 4 is 24.2 Å². The first-order chi connectivity index (χ1) is 13.6. The zero-order valence-electron chi connectivity index (χ0n) is 15.5. The van der Waals surface area contributed by atoms with Crippen LogP contribution in [0.5, 0.6) is 0 Å². The van der Waals surface area contributed by atoms with Crippen LogP contribution in [0.25, 0.3) is 5.69 Å². The number of nitrogens with one attached hydrogen (secondary N) is 1. The Morgan fingerprint density at radius 1 is 0.893 bits per heavy atom. The van der Waals surface area contributed by atoms with E-state index in [4.69, 9.17) is 17.0 Å². The monoisotopic (exact) mass is 401 g/mol. The van der Waals surface area contributed by atoms with Gasteiger partial charge >= 0.3 is 6.03 Å². The van der Waals surface area contributed by atoms with E-state index in [0.717, 1.165) is 5.69 Å². The molecular formula is C19H23N5O3S. The molecule has 0 unspecified atom stereocenters. The van der Waals surface area contributed by atoms with Gasteiger partial charge in [0.1, 0.15) is 0 Å². The molecule has 0 atom stereocenters. The molecule has 2 aromatic rings. The Labute approximate surface area is 168 Å². The maximum absolute atomic E-state index is 12.8. The number of imidazole rings is 1. The van der Waals surface area contributed by atoms with Gasteiger partial charge in [-0.3, -0.25) is 9.36 Å². The molecule has 8 nitrogen and oxygen atoms in total. The summed E-state index contributed by atoms with van der Waals surface area (Å²) in [5, 5.41) is 0. The standard InChI is InChI=1S/C19H23N5O3S/c25-17(15-1-3-16(4-2-15)24-6-5-20-18(24)28)21-7-9-22(10-8-21)19(26)23-11-13-27-14-12-23/h1-6H,7-14H2,(H,20,28). The van der Waals surface area contributed by atoms with E-state index in [1.165, 1.54) is 0 Å². The Kier molecular flexibility index (Phi) is 5.45. The number of urea groups is 1.